The molecule has 0 aromatic heterocycles. The molecule has 0 aliphatic rings. The minimum atomic E-state index is -0.114. The van der Waals surface area contributed by atoms with Crippen molar-refractivity contribution in [1.29, 1.82) is 0 Å². The van der Waals surface area contributed by atoms with Gasteiger partial charge in [0, 0.05) is 12.2 Å². The van der Waals surface area contributed by atoms with Crippen LogP contribution in [0.3, 0.4) is 0 Å². The van der Waals surface area contributed by atoms with E-state index in [1.807, 2.05) is 25.1 Å². The smallest absolute Gasteiger partial charge is 0.161 e. The van der Waals surface area contributed by atoms with Gasteiger partial charge in [0.2, 0.25) is 0 Å². The zero-order valence-corrected chi connectivity index (χ0v) is 13.8. The van der Waals surface area contributed by atoms with E-state index in [9.17, 15) is 5.11 Å². The molecule has 22 heavy (non-hydrogen) atoms. The number of ether oxygens (including phenoxy) is 2. The second-order valence-corrected chi connectivity index (χ2v) is 5.37. The molecule has 0 spiro atoms. The maximum Gasteiger partial charge on any atom is 0.161 e. The molecule has 0 radical (unpaired) electrons. The number of nitrogens with one attached hydrogen (secondary N) is 1. The zero-order valence-electron chi connectivity index (χ0n) is 12.3. The molecule has 2 N–H and O–H groups in total. The Morgan fingerprint density at radius 1 is 1.09 bits per heavy atom. The van der Waals surface area contributed by atoms with E-state index in [0.29, 0.717) is 24.7 Å². The SMILES string of the molecule is CCOc1ccc(CNc2cc(Cl)c(O)c(Cl)c2)cc1OC. The molecule has 2 aromatic rings. The van der Waals surface area contributed by atoms with Gasteiger partial charge in [0.05, 0.1) is 23.8 Å². The number of rotatable bonds is 6. The van der Waals surface area contributed by atoms with Gasteiger partial charge in [-0.15, -0.1) is 0 Å². The number of halogens is 2. The highest BCUT2D eigenvalue weighted by Gasteiger charge is 2.08. The molecule has 4 nitrogen and oxygen atoms in total. The van der Waals surface area contributed by atoms with Gasteiger partial charge in [-0.3, -0.25) is 0 Å². The molecule has 0 unspecified atom stereocenters. The molecule has 0 aliphatic heterocycles. The molecule has 118 valence electrons. The lowest BCUT2D eigenvalue weighted by Gasteiger charge is -2.12. The van der Waals surface area contributed by atoms with Gasteiger partial charge in [0.25, 0.3) is 0 Å². The standard InChI is InChI=1S/C16H17Cl2NO3/c1-3-22-14-5-4-10(6-15(14)21-2)9-19-11-7-12(17)16(20)13(18)8-11/h4-8,19-20H,3,9H2,1-2H3. The van der Waals surface area contributed by atoms with E-state index in [1.54, 1.807) is 19.2 Å². The number of benzene rings is 2. The third-order valence-corrected chi connectivity index (χ3v) is 3.62. The molecule has 2 aromatic carbocycles. The number of aromatic hydroxyl groups is 1. The molecule has 6 heteroatoms. The first-order chi connectivity index (χ1) is 10.5. The third kappa shape index (κ3) is 3.90. The van der Waals surface area contributed by atoms with Crippen LogP contribution in [0.15, 0.2) is 30.3 Å². The average molecular weight is 342 g/mol. The van der Waals surface area contributed by atoms with Gasteiger partial charge in [-0.1, -0.05) is 29.3 Å². The minimum Gasteiger partial charge on any atom is -0.505 e. The summed E-state index contributed by atoms with van der Waals surface area (Å²) in [5.74, 6) is 1.28. The number of hydrogen-bond donors (Lipinski definition) is 2. The first kappa shape index (κ1) is 16.6. The highest BCUT2D eigenvalue weighted by atomic mass is 35.5. The molecule has 0 saturated carbocycles. The van der Waals surface area contributed by atoms with Gasteiger partial charge >= 0.3 is 0 Å². The monoisotopic (exact) mass is 341 g/mol. The molecular weight excluding hydrogens is 325 g/mol. The summed E-state index contributed by atoms with van der Waals surface area (Å²) in [7, 11) is 1.61. The van der Waals surface area contributed by atoms with Crippen LogP contribution >= 0.6 is 23.2 Å². The molecular formula is C16H17Cl2NO3. The van der Waals surface area contributed by atoms with E-state index in [0.717, 1.165) is 11.3 Å². The Kier molecular flexibility index (Phi) is 5.63. The third-order valence-electron chi connectivity index (χ3n) is 3.04. The topological polar surface area (TPSA) is 50.7 Å². The Balaban J connectivity index is 2.11. The summed E-state index contributed by atoms with van der Waals surface area (Å²) in [6.45, 7) is 3.06. The zero-order chi connectivity index (χ0) is 16.1. The van der Waals surface area contributed by atoms with Crippen molar-refractivity contribution >= 4 is 28.9 Å². The largest absolute Gasteiger partial charge is 0.505 e. The molecule has 0 heterocycles. The van der Waals surface area contributed by atoms with Gasteiger partial charge in [-0.2, -0.15) is 0 Å². The molecule has 0 atom stereocenters. The first-order valence-electron chi connectivity index (χ1n) is 6.76. The number of phenolic OH excluding ortho intramolecular Hbond substituents is 1. The quantitative estimate of drug-likeness (QED) is 0.746. The first-order valence-corrected chi connectivity index (χ1v) is 7.52. The van der Waals surface area contributed by atoms with Gasteiger partial charge < -0.3 is 19.9 Å². The lowest BCUT2D eigenvalue weighted by atomic mass is 10.2. The summed E-state index contributed by atoms with van der Waals surface area (Å²) in [6.07, 6.45) is 0. The van der Waals surface area contributed by atoms with Crippen molar-refractivity contribution in [1.82, 2.24) is 0 Å². The summed E-state index contributed by atoms with van der Waals surface area (Å²) in [5.41, 5.74) is 1.74. The predicted octanol–water partition coefficient (Wildman–Crippen LogP) is 4.72. The average Bonchev–Trinajstić information content (AvgIpc) is 2.51. The van der Waals surface area contributed by atoms with Crippen molar-refractivity contribution < 1.29 is 14.6 Å². The number of phenols is 1. The van der Waals surface area contributed by atoms with Crippen molar-refractivity contribution in [3.63, 3.8) is 0 Å². The second kappa shape index (κ2) is 7.47. The molecule has 0 aliphatic carbocycles. The molecule has 0 saturated heterocycles. The highest BCUT2D eigenvalue weighted by Crippen LogP contribution is 2.35. The summed E-state index contributed by atoms with van der Waals surface area (Å²) >= 11 is 11.8. The van der Waals surface area contributed by atoms with E-state index in [-0.39, 0.29) is 15.8 Å². The van der Waals surface area contributed by atoms with Crippen LogP contribution in [0.4, 0.5) is 5.69 Å². The maximum atomic E-state index is 9.54. The fourth-order valence-corrected chi connectivity index (χ4v) is 2.46. The number of methoxy groups -OCH3 is 1. The number of hydrogen-bond acceptors (Lipinski definition) is 4. The minimum absolute atomic E-state index is 0.114. The van der Waals surface area contributed by atoms with E-state index in [4.69, 9.17) is 32.7 Å². The van der Waals surface area contributed by atoms with Crippen LogP contribution in [0.25, 0.3) is 0 Å². The van der Waals surface area contributed by atoms with Gasteiger partial charge in [0.15, 0.2) is 17.2 Å². The van der Waals surface area contributed by atoms with Crippen molar-refractivity contribution in [3.05, 3.63) is 45.9 Å². The number of anilines is 1. The van der Waals surface area contributed by atoms with Gasteiger partial charge in [-0.25, -0.2) is 0 Å². The fourth-order valence-electron chi connectivity index (χ4n) is 1.97. The van der Waals surface area contributed by atoms with Crippen LogP contribution in [0.1, 0.15) is 12.5 Å². The Morgan fingerprint density at radius 3 is 2.36 bits per heavy atom. The predicted molar refractivity (Wildman–Crippen MR) is 89.6 cm³/mol. The van der Waals surface area contributed by atoms with Crippen LogP contribution in [-0.4, -0.2) is 18.8 Å². The fraction of sp³-hybridized carbons (Fsp3) is 0.250. The summed E-state index contributed by atoms with van der Waals surface area (Å²) in [6, 6.07) is 8.96. The maximum absolute atomic E-state index is 9.54. The highest BCUT2D eigenvalue weighted by molar-refractivity contribution is 6.37. The van der Waals surface area contributed by atoms with Crippen molar-refractivity contribution in [3.8, 4) is 17.2 Å². The normalized spacial score (nSPS) is 10.4. The van der Waals surface area contributed by atoms with Crippen LogP contribution in [-0.2, 0) is 6.54 Å². The molecule has 0 amide bonds. The lowest BCUT2D eigenvalue weighted by Crippen LogP contribution is -2.01. The van der Waals surface area contributed by atoms with Crippen molar-refractivity contribution in [2.45, 2.75) is 13.5 Å². The lowest BCUT2D eigenvalue weighted by molar-refractivity contribution is 0.310. The van der Waals surface area contributed by atoms with Crippen LogP contribution in [0.5, 0.6) is 17.2 Å². The Hall–Kier alpha value is -1.78. The van der Waals surface area contributed by atoms with Crippen molar-refractivity contribution in [2.75, 3.05) is 19.0 Å². The summed E-state index contributed by atoms with van der Waals surface area (Å²) in [4.78, 5) is 0. The van der Waals surface area contributed by atoms with Crippen LogP contribution in [0.2, 0.25) is 10.0 Å². The van der Waals surface area contributed by atoms with E-state index < -0.39 is 0 Å². The van der Waals surface area contributed by atoms with Crippen LogP contribution in [0, 0.1) is 0 Å². The van der Waals surface area contributed by atoms with Gasteiger partial charge in [-0.05, 0) is 36.8 Å². The Bertz CT molecular complexity index is 639. The molecule has 0 bridgehead atoms. The van der Waals surface area contributed by atoms with E-state index in [1.165, 1.54) is 0 Å². The summed E-state index contributed by atoms with van der Waals surface area (Å²) < 4.78 is 10.8. The molecule has 2 rings (SSSR count). The molecule has 0 fully saturated rings. The second-order valence-electron chi connectivity index (χ2n) is 4.56. The van der Waals surface area contributed by atoms with Crippen LogP contribution < -0.4 is 14.8 Å². The summed E-state index contributed by atoms with van der Waals surface area (Å²) in [5, 5.41) is 13.2. The Morgan fingerprint density at radius 2 is 1.77 bits per heavy atom. The van der Waals surface area contributed by atoms with Gasteiger partial charge in [0.1, 0.15) is 0 Å². The van der Waals surface area contributed by atoms with E-state index >= 15 is 0 Å². The van der Waals surface area contributed by atoms with E-state index in [2.05, 4.69) is 5.32 Å². The van der Waals surface area contributed by atoms with Crippen molar-refractivity contribution in [2.24, 2.45) is 0 Å². The Labute approximate surface area is 139 Å².